The number of hydrogen-bond acceptors (Lipinski definition) is 8. The first-order valence-electron chi connectivity index (χ1n) is 14.2. The smallest absolute Gasteiger partial charge is 0.230 e. The van der Waals surface area contributed by atoms with Crippen molar-refractivity contribution in [1.29, 1.82) is 0 Å². The molecule has 0 saturated carbocycles. The third kappa shape index (κ3) is 5.30. The van der Waals surface area contributed by atoms with Crippen molar-refractivity contribution >= 4 is 5.91 Å². The number of aromatic nitrogens is 3. The topological polar surface area (TPSA) is 105 Å². The molecule has 1 aromatic carbocycles. The first-order valence-corrected chi connectivity index (χ1v) is 14.2. The molecule has 0 unspecified atom stereocenters. The van der Waals surface area contributed by atoms with E-state index in [1.807, 2.05) is 23.1 Å². The van der Waals surface area contributed by atoms with E-state index in [1.54, 1.807) is 19.5 Å². The number of ether oxygens (including phenoxy) is 1. The zero-order valence-corrected chi connectivity index (χ0v) is 24.3. The van der Waals surface area contributed by atoms with Gasteiger partial charge in [0.05, 0.1) is 13.0 Å². The highest BCUT2D eigenvalue weighted by atomic mass is 16.5. The van der Waals surface area contributed by atoms with Crippen LogP contribution in [0.2, 0.25) is 0 Å². The van der Waals surface area contributed by atoms with Crippen molar-refractivity contribution in [2.45, 2.75) is 57.5 Å². The third-order valence-electron chi connectivity index (χ3n) is 8.68. The number of piperidine rings is 1. The Bertz CT molecular complexity index is 1310. The molecule has 9 nitrogen and oxygen atoms in total. The molecule has 2 aromatic heterocycles. The van der Waals surface area contributed by atoms with Gasteiger partial charge in [0, 0.05) is 68.1 Å². The third-order valence-corrected chi connectivity index (χ3v) is 8.68. The van der Waals surface area contributed by atoms with Crippen molar-refractivity contribution in [2.24, 2.45) is 5.41 Å². The number of nitrogens with zero attached hydrogens (tertiary/aromatic N) is 5. The highest BCUT2D eigenvalue weighted by molar-refractivity contribution is 5.76. The van der Waals surface area contributed by atoms with E-state index in [9.17, 15) is 9.90 Å². The molecule has 1 N–H and O–H groups in total. The van der Waals surface area contributed by atoms with E-state index >= 15 is 0 Å². The summed E-state index contributed by atoms with van der Waals surface area (Å²) in [5.74, 6) is 1.66. The molecule has 214 valence electrons. The Morgan fingerprint density at radius 1 is 1.18 bits per heavy atom. The molecule has 5 rings (SSSR count). The average Bonchev–Trinajstić information content (AvgIpc) is 3.45. The maximum atomic E-state index is 12.5. The van der Waals surface area contributed by atoms with E-state index in [0.717, 1.165) is 31.5 Å². The van der Waals surface area contributed by atoms with Gasteiger partial charge in [-0.2, -0.15) is 4.98 Å². The molecule has 2 fully saturated rings. The highest BCUT2D eigenvalue weighted by Crippen LogP contribution is 2.50. The van der Waals surface area contributed by atoms with Crippen LogP contribution in [0.4, 0.5) is 0 Å². The Hall–Kier alpha value is -3.14. The van der Waals surface area contributed by atoms with Crippen molar-refractivity contribution < 1.29 is 19.2 Å². The van der Waals surface area contributed by atoms with Gasteiger partial charge in [-0.05, 0) is 43.0 Å². The highest BCUT2D eigenvalue weighted by Gasteiger charge is 2.55. The SMILES string of the molecule is COCCC(=O)N1CCC(c2nc(-c3cncc([C@@](O)(c4ccc(C(C)C)cc4)C4(C)CN(C)C4)c3)no2)CC1. The summed E-state index contributed by atoms with van der Waals surface area (Å²) < 4.78 is 10.7. The molecule has 0 aliphatic carbocycles. The van der Waals surface area contributed by atoms with Crippen LogP contribution in [0.25, 0.3) is 11.4 Å². The van der Waals surface area contributed by atoms with E-state index in [0.29, 0.717) is 54.9 Å². The Labute approximate surface area is 236 Å². The van der Waals surface area contributed by atoms with E-state index in [-0.39, 0.29) is 11.8 Å². The lowest BCUT2D eigenvalue weighted by atomic mass is 9.62. The molecule has 1 amide bonds. The maximum Gasteiger partial charge on any atom is 0.230 e. The van der Waals surface area contributed by atoms with Crippen molar-refractivity contribution in [3.8, 4) is 11.4 Å². The number of amides is 1. The summed E-state index contributed by atoms with van der Waals surface area (Å²) in [5.41, 5.74) is 1.87. The Morgan fingerprint density at radius 2 is 1.88 bits per heavy atom. The van der Waals surface area contributed by atoms with Crippen molar-refractivity contribution in [1.82, 2.24) is 24.9 Å². The summed E-state index contributed by atoms with van der Waals surface area (Å²) in [5, 5.41) is 16.8. The maximum absolute atomic E-state index is 12.5. The predicted octanol–water partition coefficient (Wildman–Crippen LogP) is 4.19. The molecule has 0 bridgehead atoms. The summed E-state index contributed by atoms with van der Waals surface area (Å²) >= 11 is 0. The molecular formula is C31H41N5O4. The van der Waals surface area contributed by atoms with Gasteiger partial charge < -0.3 is 24.2 Å². The van der Waals surface area contributed by atoms with Gasteiger partial charge in [0.25, 0.3) is 0 Å². The lowest BCUT2D eigenvalue weighted by Crippen LogP contribution is -2.63. The number of hydrogen-bond donors (Lipinski definition) is 1. The zero-order chi connectivity index (χ0) is 28.5. The molecule has 0 spiro atoms. The molecule has 2 aliphatic rings. The molecule has 4 heterocycles. The Morgan fingerprint density at radius 3 is 2.50 bits per heavy atom. The number of carbonyl (C=O) groups excluding carboxylic acids is 1. The number of pyridine rings is 1. The van der Waals surface area contributed by atoms with Crippen LogP contribution in [-0.2, 0) is 15.1 Å². The van der Waals surface area contributed by atoms with Gasteiger partial charge in [0.2, 0.25) is 17.6 Å². The minimum absolute atomic E-state index is 0.102. The van der Waals surface area contributed by atoms with Crippen LogP contribution >= 0.6 is 0 Å². The lowest BCUT2D eigenvalue weighted by molar-refractivity contribution is -0.133. The second kappa shape index (κ2) is 11.4. The van der Waals surface area contributed by atoms with Gasteiger partial charge >= 0.3 is 0 Å². The number of benzene rings is 1. The molecule has 1 atom stereocenters. The fraction of sp³-hybridized carbons (Fsp3) is 0.548. The van der Waals surface area contributed by atoms with Crippen LogP contribution in [0.15, 0.2) is 47.2 Å². The predicted molar refractivity (Wildman–Crippen MR) is 152 cm³/mol. The number of methoxy groups -OCH3 is 1. The fourth-order valence-electron chi connectivity index (χ4n) is 6.35. The van der Waals surface area contributed by atoms with E-state index in [1.165, 1.54) is 5.56 Å². The number of carbonyl (C=O) groups is 1. The molecule has 2 aliphatic heterocycles. The average molecular weight is 548 g/mol. The van der Waals surface area contributed by atoms with Gasteiger partial charge in [-0.15, -0.1) is 0 Å². The number of likely N-dealkylation sites (tertiary alicyclic amines) is 2. The second-order valence-corrected chi connectivity index (χ2v) is 12.0. The quantitative estimate of drug-likeness (QED) is 0.425. The van der Waals surface area contributed by atoms with Gasteiger partial charge in [0.15, 0.2) is 0 Å². The van der Waals surface area contributed by atoms with Gasteiger partial charge in [0.1, 0.15) is 5.60 Å². The Balaban J connectivity index is 1.38. The molecule has 40 heavy (non-hydrogen) atoms. The van der Waals surface area contributed by atoms with Crippen molar-refractivity contribution in [2.75, 3.05) is 46.9 Å². The molecular weight excluding hydrogens is 506 g/mol. The summed E-state index contributed by atoms with van der Waals surface area (Å²) in [7, 11) is 3.67. The lowest BCUT2D eigenvalue weighted by Gasteiger charge is -2.55. The summed E-state index contributed by atoms with van der Waals surface area (Å²) in [6, 6.07) is 10.2. The molecule has 2 saturated heterocycles. The second-order valence-electron chi connectivity index (χ2n) is 12.0. The fourth-order valence-corrected chi connectivity index (χ4v) is 6.35. The van der Waals surface area contributed by atoms with E-state index < -0.39 is 11.0 Å². The van der Waals surface area contributed by atoms with Crippen LogP contribution in [0.5, 0.6) is 0 Å². The van der Waals surface area contributed by atoms with E-state index in [2.05, 4.69) is 55.0 Å². The van der Waals surface area contributed by atoms with Gasteiger partial charge in [-0.25, -0.2) is 0 Å². The monoisotopic (exact) mass is 547 g/mol. The van der Waals surface area contributed by atoms with Crippen LogP contribution in [-0.4, -0.2) is 82.9 Å². The number of rotatable bonds is 9. The van der Waals surface area contributed by atoms with Crippen molar-refractivity contribution in [3.05, 3.63) is 65.3 Å². The van der Waals surface area contributed by atoms with Crippen LogP contribution in [0.1, 0.15) is 74.5 Å². The van der Waals surface area contributed by atoms with Crippen LogP contribution < -0.4 is 0 Å². The molecule has 3 aromatic rings. The van der Waals surface area contributed by atoms with Crippen molar-refractivity contribution in [3.63, 3.8) is 0 Å². The standard InChI is InChI=1S/C31H41N5O4/c1-21(2)22-6-8-25(9-7-22)31(38,30(3)19-35(4)20-30)26-16-24(17-32-18-26)28-33-29(40-34-28)23-10-13-36(14-11-23)27(37)12-15-39-5/h6-9,16-18,21,23,38H,10-15,19-20H2,1-5H3/t31-/m0/s1. The Kier molecular flexibility index (Phi) is 8.08. The number of aliphatic hydroxyl groups is 1. The van der Waals surface area contributed by atoms with Gasteiger partial charge in [-0.3, -0.25) is 9.78 Å². The summed E-state index contributed by atoms with van der Waals surface area (Å²) in [6.07, 6.45) is 5.42. The summed E-state index contributed by atoms with van der Waals surface area (Å²) in [6.45, 7) is 9.76. The summed E-state index contributed by atoms with van der Waals surface area (Å²) in [4.78, 5) is 25.7. The first kappa shape index (κ1) is 28.4. The largest absolute Gasteiger partial charge is 0.384 e. The minimum Gasteiger partial charge on any atom is -0.384 e. The zero-order valence-electron chi connectivity index (χ0n) is 24.3. The molecule has 0 radical (unpaired) electrons. The van der Waals surface area contributed by atoms with E-state index in [4.69, 9.17) is 14.2 Å². The first-order chi connectivity index (χ1) is 19.1. The van der Waals surface area contributed by atoms with Gasteiger partial charge in [-0.1, -0.05) is 50.2 Å². The van der Waals surface area contributed by atoms with Crippen LogP contribution in [0, 0.1) is 5.41 Å². The van der Waals surface area contributed by atoms with Crippen LogP contribution in [0.3, 0.4) is 0 Å². The molecule has 9 heteroatoms. The normalized spacial score (nSPS) is 19.4. The minimum atomic E-state index is -1.24.